The number of aryl methyl sites for hydroxylation is 1. The number of amidine groups is 1. The fourth-order valence-electron chi connectivity index (χ4n) is 2.00. The van der Waals surface area contributed by atoms with Crippen LogP contribution in [0.25, 0.3) is 0 Å². The number of pyridine rings is 1. The lowest BCUT2D eigenvalue weighted by molar-refractivity contribution is 0.318. The summed E-state index contributed by atoms with van der Waals surface area (Å²) in [5.41, 5.74) is 8.25. The van der Waals surface area contributed by atoms with E-state index in [-0.39, 0.29) is 5.84 Å². The zero-order valence-electron chi connectivity index (χ0n) is 12.4. The Morgan fingerprint density at radius 2 is 1.90 bits per heavy atom. The van der Waals surface area contributed by atoms with Crippen LogP contribution in [0.4, 0.5) is 0 Å². The fraction of sp³-hybridized carbons (Fsp3) is 0.250. The highest BCUT2D eigenvalue weighted by Crippen LogP contribution is 2.26. The summed E-state index contributed by atoms with van der Waals surface area (Å²) in [6, 6.07) is 9.57. The minimum atomic E-state index is -0.0191. The molecule has 0 unspecified atom stereocenters. The summed E-state index contributed by atoms with van der Waals surface area (Å²) in [6.07, 6.45) is 1.63. The highest BCUT2D eigenvalue weighted by molar-refractivity contribution is 6.00. The Kier molecular flexibility index (Phi) is 4.42. The molecule has 2 aromatic rings. The number of aromatic nitrogens is 1. The van der Waals surface area contributed by atoms with Crippen molar-refractivity contribution in [3.63, 3.8) is 0 Å². The van der Waals surface area contributed by atoms with Crippen LogP contribution in [-0.2, 0) is 0 Å². The Labute approximate surface area is 124 Å². The molecule has 0 saturated carbocycles. The molecule has 0 radical (unpaired) electrons. The van der Waals surface area contributed by atoms with Gasteiger partial charge in [-0.15, -0.1) is 0 Å². The van der Waals surface area contributed by atoms with Crippen LogP contribution in [0.2, 0.25) is 0 Å². The van der Waals surface area contributed by atoms with Crippen LogP contribution in [0.5, 0.6) is 11.6 Å². The second kappa shape index (κ2) is 6.26. The molecule has 0 amide bonds. The summed E-state index contributed by atoms with van der Waals surface area (Å²) >= 11 is 0. The Balaban J connectivity index is 2.33. The standard InChI is InChI=1S/C16H19N3O2/c1-10(2)12-4-6-13(7-5-12)21-16-14(15(17)19-20)11(3)8-9-18-16/h4-10,20H,1-3H3,(H2,17,19). The van der Waals surface area contributed by atoms with Gasteiger partial charge in [-0.05, 0) is 42.2 Å². The zero-order chi connectivity index (χ0) is 15.4. The molecule has 0 fully saturated rings. The van der Waals surface area contributed by atoms with Crippen molar-refractivity contribution in [3.05, 3.63) is 53.2 Å². The predicted molar refractivity (Wildman–Crippen MR) is 82.1 cm³/mol. The van der Waals surface area contributed by atoms with E-state index in [0.29, 0.717) is 23.1 Å². The summed E-state index contributed by atoms with van der Waals surface area (Å²) in [4.78, 5) is 4.17. The first-order valence-electron chi connectivity index (χ1n) is 6.74. The molecular weight excluding hydrogens is 266 g/mol. The summed E-state index contributed by atoms with van der Waals surface area (Å²) in [5, 5.41) is 11.9. The molecule has 1 aromatic carbocycles. The van der Waals surface area contributed by atoms with Gasteiger partial charge in [0.05, 0.1) is 5.56 Å². The Morgan fingerprint density at radius 3 is 2.48 bits per heavy atom. The number of nitrogens with zero attached hydrogens (tertiary/aromatic N) is 2. The third kappa shape index (κ3) is 3.31. The number of ether oxygens (including phenoxy) is 1. The van der Waals surface area contributed by atoms with Crippen LogP contribution >= 0.6 is 0 Å². The number of hydrogen-bond acceptors (Lipinski definition) is 4. The molecule has 3 N–H and O–H groups in total. The summed E-state index contributed by atoms with van der Waals surface area (Å²) in [6.45, 7) is 6.12. The van der Waals surface area contributed by atoms with Crippen molar-refractivity contribution in [1.82, 2.24) is 4.98 Å². The minimum Gasteiger partial charge on any atom is -0.438 e. The van der Waals surface area contributed by atoms with E-state index in [9.17, 15) is 0 Å². The summed E-state index contributed by atoms with van der Waals surface area (Å²) in [5.74, 6) is 1.42. The van der Waals surface area contributed by atoms with E-state index in [1.54, 1.807) is 12.3 Å². The minimum absolute atomic E-state index is 0.0191. The molecule has 21 heavy (non-hydrogen) atoms. The molecule has 0 saturated heterocycles. The van der Waals surface area contributed by atoms with Gasteiger partial charge >= 0.3 is 0 Å². The Hall–Kier alpha value is -2.56. The van der Waals surface area contributed by atoms with Gasteiger partial charge in [-0.3, -0.25) is 0 Å². The normalized spacial score (nSPS) is 11.7. The number of oxime groups is 1. The summed E-state index contributed by atoms with van der Waals surface area (Å²) in [7, 11) is 0. The third-order valence-corrected chi connectivity index (χ3v) is 3.25. The van der Waals surface area contributed by atoms with E-state index in [0.717, 1.165) is 5.56 Å². The van der Waals surface area contributed by atoms with Crippen LogP contribution in [0.15, 0.2) is 41.7 Å². The quantitative estimate of drug-likeness (QED) is 0.390. The SMILES string of the molecule is Cc1ccnc(Oc2ccc(C(C)C)cc2)c1/C(N)=N/O. The molecule has 5 heteroatoms. The average Bonchev–Trinajstić information content (AvgIpc) is 2.47. The van der Waals surface area contributed by atoms with Crippen LogP contribution in [0.3, 0.4) is 0 Å². The highest BCUT2D eigenvalue weighted by Gasteiger charge is 2.14. The van der Waals surface area contributed by atoms with E-state index >= 15 is 0 Å². The van der Waals surface area contributed by atoms with E-state index in [4.69, 9.17) is 15.7 Å². The van der Waals surface area contributed by atoms with Crippen molar-refractivity contribution in [2.24, 2.45) is 10.9 Å². The van der Waals surface area contributed by atoms with Gasteiger partial charge in [0.1, 0.15) is 5.75 Å². The van der Waals surface area contributed by atoms with Gasteiger partial charge in [-0.1, -0.05) is 31.1 Å². The van der Waals surface area contributed by atoms with Crippen molar-refractivity contribution in [1.29, 1.82) is 0 Å². The smallest absolute Gasteiger partial charge is 0.230 e. The summed E-state index contributed by atoms with van der Waals surface area (Å²) < 4.78 is 5.76. The molecule has 0 spiro atoms. The lowest BCUT2D eigenvalue weighted by Crippen LogP contribution is -2.16. The molecule has 0 atom stereocenters. The maximum absolute atomic E-state index is 8.88. The molecule has 0 aliphatic rings. The molecule has 1 heterocycles. The van der Waals surface area contributed by atoms with Gasteiger partial charge < -0.3 is 15.7 Å². The Morgan fingerprint density at radius 1 is 1.24 bits per heavy atom. The molecule has 0 bridgehead atoms. The monoisotopic (exact) mass is 285 g/mol. The Bertz CT molecular complexity index is 649. The van der Waals surface area contributed by atoms with E-state index in [1.165, 1.54) is 5.56 Å². The van der Waals surface area contributed by atoms with Gasteiger partial charge in [0.25, 0.3) is 0 Å². The lowest BCUT2D eigenvalue weighted by Gasteiger charge is -2.12. The van der Waals surface area contributed by atoms with E-state index in [2.05, 4.69) is 24.0 Å². The number of nitrogens with two attached hydrogens (primary N) is 1. The maximum atomic E-state index is 8.88. The van der Waals surface area contributed by atoms with Crippen LogP contribution in [0, 0.1) is 6.92 Å². The lowest BCUT2D eigenvalue weighted by atomic mass is 10.0. The van der Waals surface area contributed by atoms with Crippen molar-refractivity contribution >= 4 is 5.84 Å². The molecule has 110 valence electrons. The fourth-order valence-corrected chi connectivity index (χ4v) is 2.00. The van der Waals surface area contributed by atoms with Gasteiger partial charge in [0, 0.05) is 6.20 Å². The van der Waals surface area contributed by atoms with Crippen LogP contribution < -0.4 is 10.5 Å². The van der Waals surface area contributed by atoms with E-state index < -0.39 is 0 Å². The molecular formula is C16H19N3O2. The van der Waals surface area contributed by atoms with Crippen molar-refractivity contribution in [2.75, 3.05) is 0 Å². The second-order valence-corrected chi connectivity index (χ2v) is 5.12. The second-order valence-electron chi connectivity index (χ2n) is 5.12. The van der Waals surface area contributed by atoms with Gasteiger partial charge in [0.2, 0.25) is 5.88 Å². The number of benzene rings is 1. The van der Waals surface area contributed by atoms with Crippen molar-refractivity contribution in [2.45, 2.75) is 26.7 Å². The number of rotatable bonds is 4. The largest absolute Gasteiger partial charge is 0.438 e. The molecule has 1 aromatic heterocycles. The molecule has 0 aliphatic heterocycles. The molecule has 0 aliphatic carbocycles. The van der Waals surface area contributed by atoms with Crippen LogP contribution in [0.1, 0.15) is 36.5 Å². The zero-order valence-corrected chi connectivity index (χ0v) is 12.4. The van der Waals surface area contributed by atoms with Crippen LogP contribution in [-0.4, -0.2) is 16.0 Å². The molecule has 5 nitrogen and oxygen atoms in total. The molecule has 2 rings (SSSR count). The maximum Gasteiger partial charge on any atom is 0.230 e. The first-order chi connectivity index (χ1) is 10.0. The average molecular weight is 285 g/mol. The van der Waals surface area contributed by atoms with Crippen molar-refractivity contribution < 1.29 is 9.94 Å². The highest BCUT2D eigenvalue weighted by atomic mass is 16.5. The third-order valence-electron chi connectivity index (χ3n) is 3.25. The first-order valence-corrected chi connectivity index (χ1v) is 6.74. The number of hydrogen-bond donors (Lipinski definition) is 2. The van der Waals surface area contributed by atoms with E-state index in [1.807, 2.05) is 31.2 Å². The van der Waals surface area contributed by atoms with Gasteiger partial charge in [0.15, 0.2) is 5.84 Å². The van der Waals surface area contributed by atoms with Gasteiger partial charge in [-0.2, -0.15) is 0 Å². The topological polar surface area (TPSA) is 80.7 Å². The van der Waals surface area contributed by atoms with Crippen molar-refractivity contribution in [3.8, 4) is 11.6 Å². The first kappa shape index (κ1) is 14.8. The predicted octanol–water partition coefficient (Wildman–Crippen LogP) is 3.40. The van der Waals surface area contributed by atoms with Gasteiger partial charge in [-0.25, -0.2) is 4.98 Å².